The van der Waals surface area contributed by atoms with Gasteiger partial charge in [-0.25, -0.2) is 4.79 Å². The fourth-order valence-corrected chi connectivity index (χ4v) is 3.18. The Kier molecular flexibility index (Phi) is 3.66. The molecule has 2 aliphatic rings. The van der Waals surface area contributed by atoms with Crippen molar-refractivity contribution in [2.24, 2.45) is 11.8 Å². The SMILES string of the molecule is CC(C)(C)OC(=O)NC1[C@H]2CN(c3ccc([N+](=O)[O-])cc3)C[C@@H]12. The Bertz CT molecular complexity index is 611. The molecule has 1 aromatic carbocycles. The number of ether oxygens (including phenoxy) is 1. The van der Waals surface area contributed by atoms with E-state index in [1.54, 1.807) is 12.1 Å². The number of benzene rings is 1. The van der Waals surface area contributed by atoms with Gasteiger partial charge in [0.05, 0.1) is 4.92 Å². The van der Waals surface area contributed by atoms with E-state index in [2.05, 4.69) is 10.2 Å². The molecule has 7 nitrogen and oxygen atoms in total. The van der Waals surface area contributed by atoms with Gasteiger partial charge in [0, 0.05) is 48.8 Å². The minimum absolute atomic E-state index is 0.0996. The number of piperidine rings is 1. The second-order valence-electron chi connectivity index (χ2n) is 7.18. The van der Waals surface area contributed by atoms with Gasteiger partial charge >= 0.3 is 6.09 Å². The zero-order valence-corrected chi connectivity index (χ0v) is 13.5. The van der Waals surface area contributed by atoms with Crippen LogP contribution in [0.3, 0.4) is 0 Å². The number of non-ortho nitro benzene ring substituents is 1. The quantitative estimate of drug-likeness (QED) is 0.683. The Morgan fingerprint density at radius 1 is 1.26 bits per heavy atom. The summed E-state index contributed by atoms with van der Waals surface area (Å²) in [6.45, 7) is 7.23. The number of rotatable bonds is 3. The number of hydrogen-bond acceptors (Lipinski definition) is 5. The zero-order chi connectivity index (χ0) is 16.8. The van der Waals surface area contributed by atoms with Crippen molar-refractivity contribution in [1.82, 2.24) is 5.32 Å². The average molecular weight is 319 g/mol. The van der Waals surface area contributed by atoms with Crippen molar-refractivity contribution in [3.8, 4) is 0 Å². The van der Waals surface area contributed by atoms with Crippen molar-refractivity contribution in [2.75, 3.05) is 18.0 Å². The summed E-state index contributed by atoms with van der Waals surface area (Å²) in [6, 6.07) is 6.78. The summed E-state index contributed by atoms with van der Waals surface area (Å²) in [6.07, 6.45) is -0.362. The molecule has 3 atom stereocenters. The number of nitro benzene ring substituents is 1. The van der Waals surface area contributed by atoms with E-state index in [1.165, 1.54) is 12.1 Å². The van der Waals surface area contributed by atoms with Crippen LogP contribution < -0.4 is 10.2 Å². The highest BCUT2D eigenvalue weighted by Gasteiger charge is 2.56. The molecule has 1 N–H and O–H groups in total. The van der Waals surface area contributed by atoms with Crippen LogP contribution in [-0.2, 0) is 4.74 Å². The van der Waals surface area contributed by atoms with Crippen LogP contribution in [0.25, 0.3) is 0 Å². The van der Waals surface area contributed by atoms with E-state index in [0.717, 1.165) is 18.8 Å². The van der Waals surface area contributed by atoms with E-state index in [0.29, 0.717) is 11.8 Å². The van der Waals surface area contributed by atoms with E-state index in [9.17, 15) is 14.9 Å². The minimum atomic E-state index is -0.487. The van der Waals surface area contributed by atoms with Crippen molar-refractivity contribution in [3.05, 3.63) is 34.4 Å². The Hall–Kier alpha value is -2.31. The largest absolute Gasteiger partial charge is 0.444 e. The number of carbonyl (C=O) groups is 1. The molecule has 3 rings (SSSR count). The highest BCUT2D eigenvalue weighted by atomic mass is 16.6. The van der Waals surface area contributed by atoms with Crippen molar-refractivity contribution in [1.29, 1.82) is 0 Å². The van der Waals surface area contributed by atoms with Crippen molar-refractivity contribution in [2.45, 2.75) is 32.4 Å². The summed E-state index contributed by atoms with van der Waals surface area (Å²) in [5, 5.41) is 13.6. The van der Waals surface area contributed by atoms with Crippen LogP contribution in [0, 0.1) is 22.0 Å². The maximum atomic E-state index is 11.8. The van der Waals surface area contributed by atoms with E-state index >= 15 is 0 Å². The first-order valence-electron chi connectivity index (χ1n) is 7.73. The van der Waals surface area contributed by atoms with E-state index < -0.39 is 10.5 Å². The zero-order valence-electron chi connectivity index (χ0n) is 13.5. The summed E-state index contributed by atoms with van der Waals surface area (Å²) < 4.78 is 5.27. The summed E-state index contributed by atoms with van der Waals surface area (Å²) >= 11 is 0. The summed E-state index contributed by atoms with van der Waals surface area (Å²) in [7, 11) is 0. The summed E-state index contributed by atoms with van der Waals surface area (Å²) in [5.74, 6) is 0.857. The second-order valence-corrected chi connectivity index (χ2v) is 7.18. The monoisotopic (exact) mass is 319 g/mol. The number of alkyl carbamates (subject to hydrolysis) is 1. The van der Waals surface area contributed by atoms with Gasteiger partial charge in [0.15, 0.2) is 0 Å². The van der Waals surface area contributed by atoms with Crippen LogP contribution in [-0.4, -0.2) is 35.7 Å². The molecule has 23 heavy (non-hydrogen) atoms. The third-order valence-electron chi connectivity index (χ3n) is 4.30. The number of fused-ring (bicyclic) bond motifs is 1. The predicted octanol–water partition coefficient (Wildman–Crippen LogP) is 2.55. The first-order chi connectivity index (χ1) is 10.7. The molecule has 1 aliphatic heterocycles. The number of carbonyl (C=O) groups excluding carboxylic acids is 1. The second kappa shape index (κ2) is 5.40. The number of nitrogens with one attached hydrogen (secondary N) is 1. The molecule has 124 valence electrons. The Balaban J connectivity index is 1.51. The smallest absolute Gasteiger partial charge is 0.407 e. The molecule has 0 radical (unpaired) electrons. The molecule has 1 aliphatic carbocycles. The number of amides is 1. The van der Waals surface area contributed by atoms with Crippen LogP contribution >= 0.6 is 0 Å². The molecule has 1 aromatic rings. The summed E-state index contributed by atoms with van der Waals surface area (Å²) in [5.41, 5.74) is 0.597. The average Bonchev–Trinajstić information content (AvgIpc) is 2.90. The molecule has 2 fully saturated rings. The van der Waals surface area contributed by atoms with E-state index in [1.807, 2.05) is 20.8 Å². The molecule has 1 saturated carbocycles. The lowest BCUT2D eigenvalue weighted by atomic mass is 10.2. The lowest BCUT2D eigenvalue weighted by molar-refractivity contribution is -0.384. The van der Waals surface area contributed by atoms with Crippen molar-refractivity contribution in [3.63, 3.8) is 0 Å². The lowest BCUT2D eigenvalue weighted by Gasteiger charge is -2.23. The maximum Gasteiger partial charge on any atom is 0.407 e. The number of nitrogens with zero attached hydrogens (tertiary/aromatic N) is 2. The fraction of sp³-hybridized carbons (Fsp3) is 0.562. The van der Waals surface area contributed by atoms with Crippen LogP contribution in [0.2, 0.25) is 0 Å². The Morgan fingerprint density at radius 3 is 2.30 bits per heavy atom. The molecule has 1 amide bonds. The standard InChI is InChI=1S/C16H21N3O4/c1-16(2,3)23-15(20)17-14-12-8-18(9-13(12)14)10-4-6-11(7-5-10)19(21)22/h4-7,12-14H,8-9H2,1-3H3,(H,17,20)/t12-,13+,14?. The molecule has 0 aromatic heterocycles. The van der Waals surface area contributed by atoms with Crippen molar-refractivity contribution >= 4 is 17.5 Å². The topological polar surface area (TPSA) is 84.7 Å². The maximum absolute atomic E-state index is 11.8. The van der Waals surface area contributed by atoms with Gasteiger partial charge in [-0.05, 0) is 32.9 Å². The van der Waals surface area contributed by atoms with Crippen LogP contribution in [0.1, 0.15) is 20.8 Å². The third kappa shape index (κ3) is 3.38. The van der Waals surface area contributed by atoms with Gasteiger partial charge in [0.1, 0.15) is 5.60 Å². The van der Waals surface area contributed by atoms with Gasteiger partial charge in [-0.3, -0.25) is 10.1 Å². The first-order valence-corrected chi connectivity index (χ1v) is 7.73. The van der Waals surface area contributed by atoms with Crippen LogP contribution in [0.4, 0.5) is 16.2 Å². The van der Waals surface area contributed by atoms with E-state index in [-0.39, 0.29) is 17.8 Å². The van der Waals surface area contributed by atoms with Crippen molar-refractivity contribution < 1.29 is 14.5 Å². The van der Waals surface area contributed by atoms with Crippen LogP contribution in [0.5, 0.6) is 0 Å². The van der Waals surface area contributed by atoms with Gasteiger partial charge < -0.3 is 15.0 Å². The minimum Gasteiger partial charge on any atom is -0.444 e. The fourth-order valence-electron chi connectivity index (χ4n) is 3.18. The van der Waals surface area contributed by atoms with E-state index in [4.69, 9.17) is 4.74 Å². The predicted molar refractivity (Wildman–Crippen MR) is 85.4 cm³/mol. The molecule has 1 unspecified atom stereocenters. The summed E-state index contributed by atoms with van der Waals surface area (Å²) in [4.78, 5) is 24.3. The highest BCUT2D eigenvalue weighted by molar-refractivity contribution is 5.69. The number of hydrogen-bond donors (Lipinski definition) is 1. The molecular formula is C16H21N3O4. The molecule has 7 heteroatoms. The first kappa shape index (κ1) is 15.6. The van der Waals surface area contributed by atoms with Gasteiger partial charge in [0.25, 0.3) is 5.69 Å². The number of anilines is 1. The van der Waals surface area contributed by atoms with Crippen LogP contribution in [0.15, 0.2) is 24.3 Å². The normalized spacial score (nSPS) is 25.7. The highest BCUT2D eigenvalue weighted by Crippen LogP contribution is 2.47. The Morgan fingerprint density at radius 2 is 1.83 bits per heavy atom. The Labute approximate surface area is 134 Å². The third-order valence-corrected chi connectivity index (χ3v) is 4.30. The van der Waals surface area contributed by atoms with Gasteiger partial charge in [0.2, 0.25) is 0 Å². The number of nitro groups is 1. The molecule has 1 heterocycles. The van der Waals surface area contributed by atoms with Gasteiger partial charge in [-0.1, -0.05) is 0 Å². The molecular weight excluding hydrogens is 298 g/mol. The lowest BCUT2D eigenvalue weighted by Crippen LogP contribution is -2.38. The molecule has 0 bridgehead atoms. The van der Waals surface area contributed by atoms with Gasteiger partial charge in [-0.2, -0.15) is 0 Å². The molecule has 0 spiro atoms. The van der Waals surface area contributed by atoms with Gasteiger partial charge in [-0.15, -0.1) is 0 Å². The molecule has 1 saturated heterocycles.